The predicted octanol–water partition coefficient (Wildman–Crippen LogP) is 2.39. The maximum Gasteiger partial charge on any atom is 0.0276 e. The molecule has 0 bridgehead atoms. The van der Waals surface area contributed by atoms with Crippen molar-refractivity contribution in [3.05, 3.63) is 11.8 Å². The first-order valence-corrected chi connectivity index (χ1v) is 7.82. The van der Waals surface area contributed by atoms with Gasteiger partial charge in [0, 0.05) is 49.5 Å². The summed E-state index contributed by atoms with van der Waals surface area (Å²) in [7, 11) is 0.432. The molecule has 16 heavy (non-hydrogen) atoms. The zero-order valence-corrected chi connectivity index (χ0v) is 11.2. The molecule has 0 saturated carbocycles. The lowest BCUT2D eigenvalue weighted by atomic mass is 10.0. The summed E-state index contributed by atoms with van der Waals surface area (Å²) >= 11 is 0. The maximum atomic E-state index is 4.51. The Hall–Kier alpha value is -0.410. The molecule has 2 heterocycles. The molecular formula is C13H22N2S. The van der Waals surface area contributed by atoms with Gasteiger partial charge in [0.25, 0.3) is 0 Å². The molecule has 0 amide bonds. The van der Waals surface area contributed by atoms with Gasteiger partial charge < -0.3 is 0 Å². The van der Waals surface area contributed by atoms with Crippen molar-refractivity contribution in [2.45, 2.75) is 20.3 Å². The molecule has 2 aliphatic rings. The van der Waals surface area contributed by atoms with Gasteiger partial charge in [0.2, 0.25) is 0 Å². The molecule has 90 valence electrons. The van der Waals surface area contributed by atoms with E-state index in [1.54, 1.807) is 0 Å². The van der Waals surface area contributed by atoms with Gasteiger partial charge >= 0.3 is 0 Å². The third-order valence-electron chi connectivity index (χ3n) is 3.31. The van der Waals surface area contributed by atoms with Crippen LogP contribution in [0.25, 0.3) is 0 Å². The molecule has 0 aromatic rings. The van der Waals surface area contributed by atoms with Crippen molar-refractivity contribution < 1.29 is 0 Å². The first kappa shape index (κ1) is 12.1. The standard InChI is InChI=1S/C13H22N2S/c1-11(2)13-8-12(9-14-13)10-15-4-6-16(3)7-5-15/h9,11H,3-8,10H2,1-2H3. The van der Waals surface area contributed by atoms with Crippen LogP contribution in [-0.2, 0) is 0 Å². The van der Waals surface area contributed by atoms with Crippen molar-refractivity contribution in [3.8, 4) is 0 Å². The van der Waals surface area contributed by atoms with Crippen molar-refractivity contribution in [1.82, 2.24) is 4.90 Å². The lowest BCUT2D eigenvalue weighted by Crippen LogP contribution is -2.35. The molecule has 0 aromatic heterocycles. The molecule has 1 fully saturated rings. The van der Waals surface area contributed by atoms with Gasteiger partial charge in [-0.3, -0.25) is 9.89 Å². The SMILES string of the molecule is C=S1CCN(CC2=CN=C(C(C)C)C2)CC1. The molecule has 2 aliphatic heterocycles. The van der Waals surface area contributed by atoms with Crippen LogP contribution in [0.1, 0.15) is 20.3 Å². The van der Waals surface area contributed by atoms with Crippen LogP contribution in [0.3, 0.4) is 0 Å². The monoisotopic (exact) mass is 238 g/mol. The van der Waals surface area contributed by atoms with E-state index in [0.29, 0.717) is 16.4 Å². The topological polar surface area (TPSA) is 15.6 Å². The number of hydrogen-bond donors (Lipinski definition) is 0. The second-order valence-electron chi connectivity index (χ2n) is 5.04. The molecule has 0 radical (unpaired) electrons. The van der Waals surface area contributed by atoms with Gasteiger partial charge in [0.15, 0.2) is 0 Å². The lowest BCUT2D eigenvalue weighted by Gasteiger charge is -2.28. The number of rotatable bonds is 3. The van der Waals surface area contributed by atoms with Crippen molar-refractivity contribution in [3.63, 3.8) is 0 Å². The highest BCUT2D eigenvalue weighted by Gasteiger charge is 2.17. The van der Waals surface area contributed by atoms with E-state index < -0.39 is 0 Å². The zero-order valence-electron chi connectivity index (χ0n) is 10.4. The summed E-state index contributed by atoms with van der Waals surface area (Å²) in [5.74, 6) is 7.33. The van der Waals surface area contributed by atoms with E-state index in [1.807, 2.05) is 0 Å². The Bertz CT molecular complexity index is 332. The highest BCUT2D eigenvalue weighted by Crippen LogP contribution is 2.21. The van der Waals surface area contributed by atoms with Crippen LogP contribution >= 0.6 is 10.5 Å². The Morgan fingerprint density at radius 1 is 1.44 bits per heavy atom. The summed E-state index contributed by atoms with van der Waals surface area (Å²) in [5.41, 5.74) is 2.85. The fraction of sp³-hybridized carbons (Fsp3) is 0.692. The van der Waals surface area contributed by atoms with Crippen molar-refractivity contribution in [1.29, 1.82) is 0 Å². The van der Waals surface area contributed by atoms with E-state index in [2.05, 4.69) is 35.8 Å². The van der Waals surface area contributed by atoms with Crippen molar-refractivity contribution in [2.75, 3.05) is 31.1 Å². The van der Waals surface area contributed by atoms with Crippen LogP contribution in [-0.4, -0.2) is 47.6 Å². The van der Waals surface area contributed by atoms with Gasteiger partial charge in [-0.25, -0.2) is 0 Å². The molecule has 1 saturated heterocycles. The van der Waals surface area contributed by atoms with Gasteiger partial charge in [-0.2, -0.15) is 10.5 Å². The summed E-state index contributed by atoms with van der Waals surface area (Å²) in [4.78, 5) is 7.07. The van der Waals surface area contributed by atoms with Gasteiger partial charge in [0.05, 0.1) is 0 Å². The Kier molecular flexibility index (Phi) is 3.98. The fourth-order valence-electron chi connectivity index (χ4n) is 2.12. The third-order valence-corrected chi connectivity index (χ3v) is 4.83. The normalized spacial score (nSPS) is 23.7. The van der Waals surface area contributed by atoms with E-state index in [0.717, 1.165) is 13.0 Å². The molecule has 2 rings (SSSR count). The molecule has 0 aliphatic carbocycles. The minimum Gasteiger partial charge on any atom is -0.298 e. The second kappa shape index (κ2) is 5.28. The van der Waals surface area contributed by atoms with Gasteiger partial charge in [-0.1, -0.05) is 19.7 Å². The number of aliphatic imine (C=N–C) groups is 1. The quantitative estimate of drug-likeness (QED) is 0.689. The molecule has 0 aromatic carbocycles. The molecule has 2 nitrogen and oxygen atoms in total. The molecule has 0 unspecified atom stereocenters. The summed E-state index contributed by atoms with van der Waals surface area (Å²) in [6.07, 6.45) is 3.19. The van der Waals surface area contributed by atoms with E-state index in [9.17, 15) is 0 Å². The Balaban J connectivity index is 1.78. The van der Waals surface area contributed by atoms with E-state index in [1.165, 1.54) is 35.9 Å². The van der Waals surface area contributed by atoms with Crippen molar-refractivity contribution in [2.24, 2.45) is 10.9 Å². The fourth-order valence-corrected chi connectivity index (χ4v) is 3.36. The van der Waals surface area contributed by atoms with Crippen LogP contribution < -0.4 is 0 Å². The molecule has 0 N–H and O–H groups in total. The van der Waals surface area contributed by atoms with Gasteiger partial charge in [-0.05, 0) is 11.5 Å². The highest BCUT2D eigenvalue weighted by atomic mass is 32.2. The smallest absolute Gasteiger partial charge is 0.0276 e. The van der Waals surface area contributed by atoms with E-state index >= 15 is 0 Å². The molecular weight excluding hydrogens is 216 g/mol. The van der Waals surface area contributed by atoms with Crippen LogP contribution in [0, 0.1) is 5.92 Å². The highest BCUT2D eigenvalue weighted by molar-refractivity contribution is 8.14. The first-order valence-electron chi connectivity index (χ1n) is 6.09. The first-order chi connectivity index (χ1) is 7.65. The minimum absolute atomic E-state index is 0.432. The van der Waals surface area contributed by atoms with Gasteiger partial charge in [-0.15, -0.1) is 0 Å². The van der Waals surface area contributed by atoms with Crippen molar-refractivity contribution >= 4 is 22.1 Å². The molecule has 3 heteroatoms. The Labute approximate surface area is 101 Å². The second-order valence-corrected chi connectivity index (χ2v) is 7.08. The number of hydrogen-bond acceptors (Lipinski definition) is 2. The van der Waals surface area contributed by atoms with Crippen LogP contribution in [0.2, 0.25) is 0 Å². The minimum atomic E-state index is 0.432. The van der Waals surface area contributed by atoms with E-state index in [4.69, 9.17) is 0 Å². The largest absolute Gasteiger partial charge is 0.298 e. The zero-order chi connectivity index (χ0) is 11.5. The Morgan fingerprint density at radius 2 is 2.12 bits per heavy atom. The number of nitrogens with zero attached hydrogens (tertiary/aromatic N) is 2. The van der Waals surface area contributed by atoms with Crippen LogP contribution in [0.5, 0.6) is 0 Å². The van der Waals surface area contributed by atoms with Gasteiger partial charge in [0.1, 0.15) is 0 Å². The summed E-state index contributed by atoms with van der Waals surface area (Å²) < 4.78 is 0. The average molecular weight is 238 g/mol. The van der Waals surface area contributed by atoms with E-state index in [-0.39, 0.29) is 0 Å². The summed E-state index contributed by atoms with van der Waals surface area (Å²) in [6, 6.07) is 0. The average Bonchev–Trinajstić information content (AvgIpc) is 2.70. The molecule has 0 spiro atoms. The predicted molar refractivity (Wildman–Crippen MR) is 75.9 cm³/mol. The Morgan fingerprint density at radius 3 is 2.69 bits per heavy atom. The van der Waals surface area contributed by atoms with Crippen LogP contribution in [0.4, 0.5) is 0 Å². The molecule has 0 atom stereocenters. The maximum absolute atomic E-state index is 4.51. The summed E-state index contributed by atoms with van der Waals surface area (Å²) in [6.45, 7) is 8.02. The lowest BCUT2D eigenvalue weighted by molar-refractivity contribution is 0.327. The third kappa shape index (κ3) is 3.05. The van der Waals surface area contributed by atoms with Crippen LogP contribution in [0.15, 0.2) is 16.8 Å². The summed E-state index contributed by atoms with van der Waals surface area (Å²) in [5, 5.41) is 0.